The molecule has 120 valence electrons. The van der Waals surface area contributed by atoms with E-state index in [4.69, 9.17) is 17.3 Å². The van der Waals surface area contributed by atoms with Gasteiger partial charge < -0.3 is 10.6 Å². The average Bonchev–Trinajstić information content (AvgIpc) is 2.52. The summed E-state index contributed by atoms with van der Waals surface area (Å²) in [4.78, 5) is 16.4. The second-order valence-corrected chi connectivity index (χ2v) is 6.33. The molecule has 2 aromatic carbocycles. The number of benzene rings is 2. The third-order valence-corrected chi connectivity index (χ3v) is 4.29. The number of nitrogens with zero attached hydrogens (tertiary/aromatic N) is 2. The molecule has 3 rings (SSSR count). The minimum atomic E-state index is 0.162. The number of hydrogen-bond donors (Lipinski definition) is 1. The molecule has 0 saturated carbocycles. The highest BCUT2D eigenvalue weighted by atomic mass is 35.5. The molecule has 0 unspecified atom stereocenters. The summed E-state index contributed by atoms with van der Waals surface area (Å²) >= 11 is 5.89. The van der Waals surface area contributed by atoms with Crippen LogP contribution >= 0.6 is 11.6 Å². The topological polar surface area (TPSA) is 49.6 Å². The maximum absolute atomic E-state index is 12.4. The van der Waals surface area contributed by atoms with Gasteiger partial charge in [-0.2, -0.15) is 0 Å². The first-order valence-electron chi connectivity index (χ1n) is 7.69. The van der Waals surface area contributed by atoms with Crippen LogP contribution in [0.1, 0.15) is 11.1 Å². The molecule has 5 heteroatoms. The lowest BCUT2D eigenvalue weighted by Gasteiger charge is -2.34. The van der Waals surface area contributed by atoms with Crippen LogP contribution in [0.25, 0.3) is 0 Å². The predicted molar refractivity (Wildman–Crippen MR) is 93.0 cm³/mol. The van der Waals surface area contributed by atoms with E-state index in [-0.39, 0.29) is 5.91 Å². The highest BCUT2D eigenvalue weighted by Crippen LogP contribution is 2.15. The molecule has 1 saturated heterocycles. The Labute approximate surface area is 141 Å². The number of halogens is 1. The highest BCUT2D eigenvalue weighted by Gasteiger charge is 2.23. The summed E-state index contributed by atoms with van der Waals surface area (Å²) in [5.41, 5.74) is 8.81. The molecular weight excluding hydrogens is 310 g/mol. The first-order valence-corrected chi connectivity index (χ1v) is 8.07. The minimum absolute atomic E-state index is 0.162. The van der Waals surface area contributed by atoms with Crippen molar-refractivity contribution in [2.24, 2.45) is 0 Å². The predicted octanol–water partition coefficient (Wildman–Crippen LogP) is 2.77. The van der Waals surface area contributed by atoms with Crippen LogP contribution in [0.5, 0.6) is 0 Å². The number of anilines is 1. The van der Waals surface area contributed by atoms with Gasteiger partial charge in [-0.05, 0) is 35.4 Å². The monoisotopic (exact) mass is 329 g/mol. The van der Waals surface area contributed by atoms with Gasteiger partial charge in [0, 0.05) is 36.9 Å². The van der Waals surface area contributed by atoms with Gasteiger partial charge in [0.2, 0.25) is 5.91 Å². The Morgan fingerprint density at radius 3 is 2.48 bits per heavy atom. The summed E-state index contributed by atoms with van der Waals surface area (Å²) in [5, 5.41) is 0.715. The molecule has 4 nitrogen and oxygen atoms in total. The first-order chi connectivity index (χ1) is 11.1. The lowest BCUT2D eigenvalue weighted by Crippen LogP contribution is -2.49. The molecule has 0 bridgehead atoms. The molecule has 1 aliphatic heterocycles. The number of carbonyl (C=O) groups is 1. The third-order valence-electron chi connectivity index (χ3n) is 4.04. The second-order valence-electron chi connectivity index (χ2n) is 5.90. The quantitative estimate of drug-likeness (QED) is 0.877. The fourth-order valence-electron chi connectivity index (χ4n) is 2.82. The zero-order chi connectivity index (χ0) is 16.2. The number of carbonyl (C=O) groups excluding carboxylic acids is 1. The third kappa shape index (κ3) is 4.24. The molecule has 1 heterocycles. The lowest BCUT2D eigenvalue weighted by molar-refractivity contribution is -0.136. The van der Waals surface area contributed by atoms with E-state index in [1.54, 1.807) is 0 Å². The SMILES string of the molecule is Nc1cccc(CN2CCN(Cc3ccc(Cl)cc3)C(=O)C2)c1. The van der Waals surface area contributed by atoms with Crippen molar-refractivity contribution >= 4 is 23.2 Å². The summed E-state index contributed by atoms with van der Waals surface area (Å²) in [6, 6.07) is 15.5. The van der Waals surface area contributed by atoms with Crippen molar-refractivity contribution in [2.45, 2.75) is 13.1 Å². The number of piperazine rings is 1. The van der Waals surface area contributed by atoms with Crippen LogP contribution in [0.2, 0.25) is 5.02 Å². The summed E-state index contributed by atoms with van der Waals surface area (Å²) in [6.07, 6.45) is 0. The normalized spacial score (nSPS) is 15.9. The fraction of sp³-hybridized carbons (Fsp3) is 0.278. The maximum Gasteiger partial charge on any atom is 0.237 e. The maximum atomic E-state index is 12.4. The van der Waals surface area contributed by atoms with Gasteiger partial charge in [-0.1, -0.05) is 35.9 Å². The summed E-state index contributed by atoms with van der Waals surface area (Å²) < 4.78 is 0. The molecular formula is C18H20ClN3O. The molecule has 1 aliphatic rings. The van der Waals surface area contributed by atoms with Crippen molar-refractivity contribution in [2.75, 3.05) is 25.4 Å². The van der Waals surface area contributed by atoms with Crippen LogP contribution in [-0.4, -0.2) is 35.3 Å². The van der Waals surface area contributed by atoms with Crippen molar-refractivity contribution in [1.29, 1.82) is 0 Å². The zero-order valence-electron chi connectivity index (χ0n) is 12.9. The van der Waals surface area contributed by atoms with E-state index in [2.05, 4.69) is 4.90 Å². The van der Waals surface area contributed by atoms with E-state index in [0.717, 1.165) is 36.4 Å². The van der Waals surface area contributed by atoms with Gasteiger partial charge in [-0.3, -0.25) is 9.69 Å². The smallest absolute Gasteiger partial charge is 0.237 e. The van der Waals surface area contributed by atoms with Crippen molar-refractivity contribution in [1.82, 2.24) is 9.80 Å². The van der Waals surface area contributed by atoms with Crippen LogP contribution in [0.4, 0.5) is 5.69 Å². The lowest BCUT2D eigenvalue weighted by atomic mass is 10.1. The molecule has 0 radical (unpaired) electrons. The first kappa shape index (κ1) is 15.8. The number of rotatable bonds is 4. The standard InChI is InChI=1S/C18H20ClN3O/c19-16-6-4-14(5-7-16)12-22-9-8-21(13-18(22)23)11-15-2-1-3-17(20)10-15/h1-7,10H,8-9,11-13,20H2. The van der Waals surface area contributed by atoms with Gasteiger partial charge in [-0.25, -0.2) is 0 Å². The Morgan fingerprint density at radius 1 is 1.00 bits per heavy atom. The van der Waals surface area contributed by atoms with Gasteiger partial charge >= 0.3 is 0 Å². The van der Waals surface area contributed by atoms with E-state index in [1.165, 1.54) is 0 Å². The van der Waals surface area contributed by atoms with Gasteiger partial charge in [0.25, 0.3) is 0 Å². The van der Waals surface area contributed by atoms with Crippen molar-refractivity contribution < 1.29 is 4.79 Å². The van der Waals surface area contributed by atoms with Gasteiger partial charge in [0.05, 0.1) is 6.54 Å². The van der Waals surface area contributed by atoms with Crippen LogP contribution in [0.15, 0.2) is 48.5 Å². The van der Waals surface area contributed by atoms with E-state index >= 15 is 0 Å². The Kier molecular flexibility index (Phi) is 4.84. The highest BCUT2D eigenvalue weighted by molar-refractivity contribution is 6.30. The molecule has 0 atom stereocenters. The minimum Gasteiger partial charge on any atom is -0.399 e. The molecule has 2 aromatic rings. The van der Waals surface area contributed by atoms with E-state index in [9.17, 15) is 4.79 Å². The van der Waals surface area contributed by atoms with E-state index in [0.29, 0.717) is 18.1 Å². The van der Waals surface area contributed by atoms with Crippen molar-refractivity contribution in [3.63, 3.8) is 0 Å². The van der Waals surface area contributed by atoms with E-state index in [1.807, 2.05) is 53.4 Å². The Morgan fingerprint density at radius 2 is 1.78 bits per heavy atom. The number of nitrogen functional groups attached to an aromatic ring is 1. The summed E-state index contributed by atoms with van der Waals surface area (Å²) in [5.74, 6) is 0.162. The average molecular weight is 330 g/mol. The molecule has 23 heavy (non-hydrogen) atoms. The van der Waals surface area contributed by atoms with Crippen LogP contribution in [-0.2, 0) is 17.9 Å². The molecule has 0 aromatic heterocycles. The summed E-state index contributed by atoms with van der Waals surface area (Å²) in [6.45, 7) is 3.45. The summed E-state index contributed by atoms with van der Waals surface area (Å²) in [7, 11) is 0. The largest absolute Gasteiger partial charge is 0.399 e. The number of hydrogen-bond acceptors (Lipinski definition) is 3. The number of nitrogens with two attached hydrogens (primary N) is 1. The van der Waals surface area contributed by atoms with Crippen molar-refractivity contribution in [3.05, 3.63) is 64.7 Å². The van der Waals surface area contributed by atoms with E-state index < -0.39 is 0 Å². The fourth-order valence-corrected chi connectivity index (χ4v) is 2.95. The molecule has 2 N–H and O–H groups in total. The Hall–Kier alpha value is -2.04. The van der Waals surface area contributed by atoms with Gasteiger partial charge in [0.15, 0.2) is 0 Å². The van der Waals surface area contributed by atoms with Crippen molar-refractivity contribution in [3.8, 4) is 0 Å². The number of amides is 1. The Bertz CT molecular complexity index is 687. The van der Waals surface area contributed by atoms with Crippen LogP contribution in [0, 0.1) is 0 Å². The second kappa shape index (κ2) is 7.02. The van der Waals surface area contributed by atoms with Crippen LogP contribution in [0.3, 0.4) is 0 Å². The Balaban J connectivity index is 1.57. The molecule has 1 fully saturated rings. The zero-order valence-corrected chi connectivity index (χ0v) is 13.7. The molecule has 0 aliphatic carbocycles. The molecule has 0 spiro atoms. The van der Waals surface area contributed by atoms with Gasteiger partial charge in [-0.15, -0.1) is 0 Å². The molecule has 1 amide bonds. The van der Waals surface area contributed by atoms with Crippen LogP contribution < -0.4 is 5.73 Å². The van der Waals surface area contributed by atoms with Gasteiger partial charge in [0.1, 0.15) is 0 Å².